The Balaban J connectivity index is 2.29. The van der Waals surface area contributed by atoms with Crippen LogP contribution in [0.1, 0.15) is 43.4 Å². The third kappa shape index (κ3) is 8.01. The second-order valence-electron chi connectivity index (χ2n) is 8.98. The van der Waals surface area contributed by atoms with Gasteiger partial charge in [-0.25, -0.2) is 0 Å². The van der Waals surface area contributed by atoms with E-state index >= 15 is 0 Å². The zero-order valence-corrected chi connectivity index (χ0v) is 28.8. The molecule has 1 heterocycles. The Morgan fingerprint density at radius 1 is 0.955 bits per heavy atom. The Kier molecular flexibility index (Phi) is 10.1. The molecule has 2 aromatic rings. The van der Waals surface area contributed by atoms with E-state index in [1.807, 2.05) is 12.1 Å². The molecule has 0 spiro atoms. The SMILES string of the molecule is [2H]CC(=O)OC[C@H]1OC(OC(=O)C[2H])(C(=O)c2ccc(-c3c(I)cc(I)cc3I)cc2[N+](=O)[O-])[C@H](N)[C@@H](OC(=O)C[2H])[C@@H]1OC(=O)C[2H]. The molecular formula is C27H25I3N2O12. The van der Waals surface area contributed by atoms with E-state index in [0.717, 1.165) is 22.8 Å². The molecule has 14 nitrogen and oxygen atoms in total. The van der Waals surface area contributed by atoms with E-state index in [4.69, 9.17) is 34.9 Å². The Bertz CT molecular complexity index is 1600. The van der Waals surface area contributed by atoms with Crippen molar-refractivity contribution in [3.63, 3.8) is 0 Å². The fourth-order valence-electron chi connectivity index (χ4n) is 4.44. The van der Waals surface area contributed by atoms with Crippen LogP contribution in [0.2, 0.25) is 0 Å². The number of nitro benzene ring substituents is 1. The Labute approximate surface area is 297 Å². The Morgan fingerprint density at radius 3 is 2.11 bits per heavy atom. The van der Waals surface area contributed by atoms with Crippen molar-refractivity contribution in [1.82, 2.24) is 0 Å². The lowest BCUT2D eigenvalue weighted by atomic mass is 9.85. The maximum absolute atomic E-state index is 14.5. The van der Waals surface area contributed by atoms with Gasteiger partial charge in [-0.05, 0) is 91.5 Å². The topological polar surface area (TPSA) is 201 Å². The zero-order chi connectivity index (χ0) is 35.9. The van der Waals surface area contributed by atoms with Gasteiger partial charge in [0, 0.05) is 55.4 Å². The lowest BCUT2D eigenvalue weighted by Crippen LogP contribution is -2.73. The van der Waals surface area contributed by atoms with E-state index < -0.39 is 110 Å². The molecule has 17 heteroatoms. The smallest absolute Gasteiger partial charge is 0.305 e. The van der Waals surface area contributed by atoms with Crippen molar-refractivity contribution in [3.8, 4) is 11.1 Å². The van der Waals surface area contributed by atoms with Crippen LogP contribution < -0.4 is 5.73 Å². The minimum absolute atomic E-state index is 0.347. The first-order valence-electron chi connectivity index (χ1n) is 14.8. The van der Waals surface area contributed by atoms with Crippen molar-refractivity contribution in [3.05, 3.63) is 56.7 Å². The highest BCUT2D eigenvalue weighted by atomic mass is 127. The number of nitrogens with zero attached hydrogens (tertiary/aromatic N) is 1. The van der Waals surface area contributed by atoms with E-state index in [1.54, 1.807) is 0 Å². The van der Waals surface area contributed by atoms with Crippen LogP contribution in [0, 0.1) is 20.8 Å². The first-order valence-corrected chi connectivity index (χ1v) is 15.2. The van der Waals surface area contributed by atoms with Gasteiger partial charge < -0.3 is 29.4 Å². The molecule has 0 saturated carbocycles. The molecule has 44 heavy (non-hydrogen) atoms. The molecule has 0 radical (unpaired) electrons. The summed E-state index contributed by atoms with van der Waals surface area (Å²) in [5, 5.41) is 12.4. The number of hydrogen-bond acceptors (Lipinski definition) is 13. The molecule has 0 aromatic heterocycles. The predicted molar refractivity (Wildman–Crippen MR) is 176 cm³/mol. The summed E-state index contributed by atoms with van der Waals surface area (Å²) in [5.74, 6) is -9.61. The average molecular weight is 954 g/mol. The summed E-state index contributed by atoms with van der Waals surface area (Å²) in [6, 6.07) is 5.11. The van der Waals surface area contributed by atoms with Crippen LogP contribution in [-0.4, -0.2) is 71.3 Å². The third-order valence-electron chi connectivity index (χ3n) is 6.07. The van der Waals surface area contributed by atoms with Crippen molar-refractivity contribution >= 4 is 103 Å². The van der Waals surface area contributed by atoms with Gasteiger partial charge in [-0.3, -0.25) is 34.1 Å². The molecule has 236 valence electrons. The van der Waals surface area contributed by atoms with E-state index in [-0.39, 0.29) is 0 Å². The molecule has 0 aliphatic carbocycles. The van der Waals surface area contributed by atoms with E-state index in [0.29, 0.717) is 11.1 Å². The van der Waals surface area contributed by atoms with Crippen molar-refractivity contribution < 1.29 is 58.1 Å². The van der Waals surface area contributed by atoms with Crippen LogP contribution >= 0.6 is 67.8 Å². The average Bonchev–Trinajstić information content (AvgIpc) is 3.05. The maximum Gasteiger partial charge on any atom is 0.305 e. The predicted octanol–water partition coefficient (Wildman–Crippen LogP) is 3.67. The maximum atomic E-state index is 14.5. The molecule has 3 rings (SSSR count). The number of Topliss-reactive ketones (excluding diaryl/α,β-unsaturated/α-hetero) is 1. The number of nitro groups is 1. The molecule has 1 fully saturated rings. The number of carbonyl (C=O) groups is 5. The van der Waals surface area contributed by atoms with E-state index in [2.05, 4.69) is 67.8 Å². The summed E-state index contributed by atoms with van der Waals surface area (Å²) >= 11 is 6.23. The monoisotopic (exact) mass is 954 g/mol. The molecule has 0 bridgehead atoms. The number of halogens is 3. The fourth-order valence-corrected chi connectivity index (χ4v) is 8.65. The van der Waals surface area contributed by atoms with Crippen LogP contribution in [0.15, 0.2) is 30.3 Å². The number of benzene rings is 2. The number of ether oxygens (including phenoxy) is 5. The first kappa shape index (κ1) is 30.2. The van der Waals surface area contributed by atoms with E-state index in [1.165, 1.54) is 6.07 Å². The van der Waals surface area contributed by atoms with Crippen molar-refractivity contribution in [2.24, 2.45) is 5.73 Å². The zero-order valence-electron chi connectivity index (χ0n) is 26.3. The highest BCUT2D eigenvalue weighted by Gasteiger charge is 2.63. The minimum atomic E-state index is -3.13. The second kappa shape index (κ2) is 14.7. The van der Waals surface area contributed by atoms with E-state index in [9.17, 15) is 34.1 Å². The van der Waals surface area contributed by atoms with Crippen molar-refractivity contribution in [2.45, 2.75) is 57.7 Å². The molecular weight excluding hydrogens is 925 g/mol. The van der Waals surface area contributed by atoms with Crippen LogP contribution in [0.25, 0.3) is 11.1 Å². The molecule has 1 saturated heterocycles. The van der Waals surface area contributed by atoms with Crippen LogP contribution in [0.5, 0.6) is 0 Å². The molecule has 0 amide bonds. The molecule has 2 N–H and O–H groups in total. The fraction of sp³-hybridized carbons (Fsp3) is 0.370. The highest BCUT2D eigenvalue weighted by molar-refractivity contribution is 14.1. The van der Waals surface area contributed by atoms with Gasteiger partial charge in [0.25, 0.3) is 11.5 Å². The normalized spacial score (nSPS) is 24.0. The van der Waals surface area contributed by atoms with Gasteiger partial charge in [0.05, 0.1) is 4.92 Å². The summed E-state index contributed by atoms with van der Waals surface area (Å²) in [5.41, 5.74) is 5.88. The number of nitrogens with two attached hydrogens (primary N) is 1. The standard InChI is InChI=1S/C27H25I3N2O12/c1-11(33)40-10-21-23(41-12(2)34)24(42-13(3)35)25(31)27(44-21,43-14(4)36)26(37)17-6-5-15(7-20(17)32(38)39)22-18(29)8-16(28)9-19(22)30/h5-9,21,23-25H,10,31H2,1-4H3/t21-,23-,24+,25-,27?/m1/s1/i1D,2D,3D,4D. The van der Waals surface area contributed by atoms with Crippen LogP contribution in [0.4, 0.5) is 5.69 Å². The molecule has 1 aliphatic rings. The van der Waals surface area contributed by atoms with Crippen molar-refractivity contribution in [1.29, 1.82) is 0 Å². The van der Waals surface area contributed by atoms with Crippen LogP contribution in [-0.2, 0) is 42.9 Å². The largest absolute Gasteiger partial charge is 0.463 e. The molecule has 5 atom stereocenters. The van der Waals surface area contributed by atoms with Gasteiger partial charge in [0.1, 0.15) is 24.3 Å². The summed E-state index contributed by atoms with van der Waals surface area (Å²) in [4.78, 5) is 75.1. The van der Waals surface area contributed by atoms with Gasteiger partial charge in [-0.15, -0.1) is 0 Å². The highest BCUT2D eigenvalue weighted by Crippen LogP contribution is 2.40. The summed E-state index contributed by atoms with van der Waals surface area (Å²) in [7, 11) is 0. The van der Waals surface area contributed by atoms with Crippen molar-refractivity contribution in [2.75, 3.05) is 6.61 Å². The van der Waals surface area contributed by atoms with Gasteiger partial charge in [0.15, 0.2) is 12.2 Å². The van der Waals surface area contributed by atoms with Gasteiger partial charge >= 0.3 is 23.9 Å². The Morgan fingerprint density at radius 2 is 1.55 bits per heavy atom. The lowest BCUT2D eigenvalue weighted by Gasteiger charge is -2.48. The Hall–Kier alpha value is -2.50. The molecule has 1 unspecified atom stereocenters. The first-order chi connectivity index (χ1) is 22.6. The third-order valence-corrected chi connectivity index (χ3v) is 8.39. The summed E-state index contributed by atoms with van der Waals surface area (Å²) in [6.45, 7) is -4.87. The second-order valence-corrected chi connectivity index (χ2v) is 12.5. The molecule has 1 aliphatic heterocycles. The number of hydrogen-bond donors (Lipinski definition) is 1. The summed E-state index contributed by atoms with van der Waals surface area (Å²) in [6.07, 6.45) is -5.71. The van der Waals surface area contributed by atoms with Gasteiger partial charge in [0.2, 0.25) is 5.78 Å². The van der Waals surface area contributed by atoms with Crippen LogP contribution in [0.3, 0.4) is 0 Å². The van der Waals surface area contributed by atoms with Gasteiger partial charge in [-0.1, -0.05) is 6.07 Å². The molecule has 2 aromatic carbocycles. The lowest BCUT2D eigenvalue weighted by molar-refractivity contribution is -0.385. The number of ketones is 1. The number of esters is 4. The number of carbonyl (C=O) groups excluding carboxylic acids is 5. The quantitative estimate of drug-likeness (QED) is 0.0955. The number of rotatable bonds is 9. The van der Waals surface area contributed by atoms with Gasteiger partial charge in [-0.2, -0.15) is 0 Å². The summed E-state index contributed by atoms with van der Waals surface area (Å²) < 4.78 is 58.4. The minimum Gasteiger partial charge on any atom is -0.463 e.